The van der Waals surface area contributed by atoms with E-state index < -0.39 is 0 Å². The number of furan rings is 1. The molecule has 3 rings (SSSR count). The van der Waals surface area contributed by atoms with Gasteiger partial charge in [0.25, 0.3) is 11.5 Å². The third kappa shape index (κ3) is 4.49. The molecule has 0 fully saturated rings. The molecule has 1 aromatic carbocycles. The van der Waals surface area contributed by atoms with Gasteiger partial charge in [-0.1, -0.05) is 0 Å². The fourth-order valence-electron chi connectivity index (χ4n) is 3.40. The van der Waals surface area contributed by atoms with Gasteiger partial charge in [0, 0.05) is 31.4 Å². The molecular weight excluding hydrogens is 390 g/mol. The topological polar surface area (TPSA) is 89.3 Å². The standard InChI is InChI=1S/C21H25N3O4S/c1-12-10-17(14(3)28-12)13(2)22-19(25)15-6-7-16-18(11-15)23-21(29)24(20(16)26)8-5-9-27-4/h6-7,10-11,13H,5,8-9H2,1-4H3,(H,22,25)(H,23,29). The monoisotopic (exact) mass is 415 g/mol. The number of amides is 1. The summed E-state index contributed by atoms with van der Waals surface area (Å²) in [6, 6.07) is 6.67. The van der Waals surface area contributed by atoms with Crippen LogP contribution in [-0.4, -0.2) is 29.2 Å². The molecule has 0 saturated heterocycles. The number of hydrogen-bond acceptors (Lipinski definition) is 5. The average Bonchev–Trinajstić information content (AvgIpc) is 3.02. The summed E-state index contributed by atoms with van der Waals surface area (Å²) in [4.78, 5) is 28.5. The highest BCUT2D eigenvalue weighted by Crippen LogP contribution is 2.22. The van der Waals surface area contributed by atoms with Crippen molar-refractivity contribution in [1.29, 1.82) is 0 Å². The van der Waals surface area contributed by atoms with Crippen LogP contribution < -0.4 is 10.9 Å². The zero-order chi connectivity index (χ0) is 21.1. The van der Waals surface area contributed by atoms with Crippen LogP contribution in [0.4, 0.5) is 0 Å². The zero-order valence-corrected chi connectivity index (χ0v) is 17.8. The van der Waals surface area contributed by atoms with Gasteiger partial charge in [0.1, 0.15) is 11.5 Å². The second-order valence-electron chi connectivity index (χ2n) is 7.06. The Labute approximate surface area is 173 Å². The van der Waals surface area contributed by atoms with Gasteiger partial charge in [-0.2, -0.15) is 0 Å². The Morgan fingerprint density at radius 1 is 1.34 bits per heavy atom. The molecule has 1 atom stereocenters. The van der Waals surface area contributed by atoms with E-state index in [1.807, 2.05) is 26.8 Å². The van der Waals surface area contributed by atoms with Crippen molar-refractivity contribution in [3.05, 3.63) is 62.0 Å². The molecule has 2 N–H and O–H groups in total. The first-order valence-electron chi connectivity index (χ1n) is 9.45. The van der Waals surface area contributed by atoms with E-state index >= 15 is 0 Å². The van der Waals surface area contributed by atoms with Crippen molar-refractivity contribution >= 4 is 29.0 Å². The van der Waals surface area contributed by atoms with E-state index in [4.69, 9.17) is 21.4 Å². The molecule has 0 aliphatic rings. The van der Waals surface area contributed by atoms with Crippen LogP contribution in [0.15, 0.2) is 33.5 Å². The molecule has 0 bridgehead atoms. The van der Waals surface area contributed by atoms with E-state index in [-0.39, 0.29) is 17.5 Å². The highest BCUT2D eigenvalue weighted by Gasteiger charge is 2.17. The molecule has 0 spiro atoms. The molecule has 154 valence electrons. The SMILES string of the molecule is COCCCn1c(=S)[nH]c2cc(C(=O)NC(C)c3cc(C)oc3C)ccc2c1=O. The van der Waals surface area contributed by atoms with Gasteiger partial charge in [-0.25, -0.2) is 0 Å². The van der Waals surface area contributed by atoms with E-state index in [1.54, 1.807) is 25.3 Å². The van der Waals surface area contributed by atoms with Crippen LogP contribution in [0.5, 0.6) is 0 Å². The van der Waals surface area contributed by atoms with Gasteiger partial charge < -0.3 is 19.5 Å². The van der Waals surface area contributed by atoms with Gasteiger partial charge in [0.05, 0.1) is 16.9 Å². The van der Waals surface area contributed by atoms with Gasteiger partial charge in [0.15, 0.2) is 4.77 Å². The fourth-order valence-corrected chi connectivity index (χ4v) is 3.69. The van der Waals surface area contributed by atoms with Crippen molar-refractivity contribution in [3.8, 4) is 0 Å². The number of ether oxygens (including phenoxy) is 1. The first-order valence-corrected chi connectivity index (χ1v) is 9.86. The first-order chi connectivity index (χ1) is 13.8. The molecular formula is C21H25N3O4S. The van der Waals surface area contributed by atoms with Gasteiger partial charge in [0.2, 0.25) is 0 Å². The predicted molar refractivity (Wildman–Crippen MR) is 114 cm³/mol. The second kappa shape index (κ2) is 8.75. The molecule has 0 saturated carbocycles. The number of carbonyl (C=O) groups excluding carboxylic acids is 1. The van der Waals surface area contributed by atoms with Crippen molar-refractivity contribution < 1.29 is 13.9 Å². The molecule has 7 nitrogen and oxygen atoms in total. The van der Waals surface area contributed by atoms with E-state index in [0.717, 1.165) is 17.1 Å². The smallest absolute Gasteiger partial charge is 0.262 e. The summed E-state index contributed by atoms with van der Waals surface area (Å²) in [5, 5.41) is 3.46. The van der Waals surface area contributed by atoms with Crippen LogP contribution >= 0.6 is 12.2 Å². The van der Waals surface area contributed by atoms with Crippen molar-refractivity contribution in [2.45, 2.75) is 39.8 Å². The minimum atomic E-state index is -0.235. The largest absolute Gasteiger partial charge is 0.466 e. The van der Waals surface area contributed by atoms with E-state index in [1.165, 1.54) is 4.57 Å². The lowest BCUT2D eigenvalue weighted by Gasteiger charge is -2.14. The minimum Gasteiger partial charge on any atom is -0.466 e. The number of aromatic amines is 1. The van der Waals surface area contributed by atoms with E-state index in [0.29, 0.717) is 40.8 Å². The van der Waals surface area contributed by atoms with Crippen LogP contribution in [0.25, 0.3) is 10.9 Å². The summed E-state index contributed by atoms with van der Waals surface area (Å²) in [5.41, 5.74) is 1.75. The molecule has 1 amide bonds. The van der Waals surface area contributed by atoms with Crippen LogP contribution in [-0.2, 0) is 11.3 Å². The predicted octanol–water partition coefficient (Wildman–Crippen LogP) is 3.80. The van der Waals surface area contributed by atoms with Crippen molar-refractivity contribution in [2.24, 2.45) is 0 Å². The van der Waals surface area contributed by atoms with Gasteiger partial charge in [-0.3, -0.25) is 14.2 Å². The summed E-state index contributed by atoms with van der Waals surface area (Å²) in [5.74, 6) is 1.35. The fraction of sp³-hybridized carbons (Fsp3) is 0.381. The number of rotatable bonds is 7. The maximum absolute atomic E-state index is 12.8. The Morgan fingerprint density at radius 3 is 2.76 bits per heavy atom. The Hall–Kier alpha value is -2.71. The van der Waals surface area contributed by atoms with Gasteiger partial charge >= 0.3 is 0 Å². The molecule has 0 radical (unpaired) electrons. The Morgan fingerprint density at radius 2 is 2.10 bits per heavy atom. The first kappa shape index (κ1) is 21.0. The number of carbonyl (C=O) groups is 1. The minimum absolute atomic E-state index is 0.176. The van der Waals surface area contributed by atoms with Crippen LogP contribution in [0.3, 0.4) is 0 Å². The normalized spacial score (nSPS) is 12.3. The second-order valence-corrected chi connectivity index (χ2v) is 7.44. The number of H-pyrrole nitrogens is 1. The van der Waals surface area contributed by atoms with Crippen molar-refractivity contribution in [3.63, 3.8) is 0 Å². The van der Waals surface area contributed by atoms with Gasteiger partial charge in [-0.15, -0.1) is 0 Å². The molecule has 2 heterocycles. The summed E-state index contributed by atoms with van der Waals surface area (Å²) >= 11 is 5.33. The third-order valence-corrected chi connectivity index (χ3v) is 5.19. The molecule has 29 heavy (non-hydrogen) atoms. The zero-order valence-electron chi connectivity index (χ0n) is 17.0. The lowest BCUT2D eigenvalue weighted by molar-refractivity contribution is 0.0940. The van der Waals surface area contributed by atoms with Crippen LogP contribution in [0, 0.1) is 18.6 Å². The van der Waals surface area contributed by atoms with Crippen molar-refractivity contribution in [2.75, 3.05) is 13.7 Å². The van der Waals surface area contributed by atoms with Gasteiger partial charge in [-0.05, 0) is 63.7 Å². The lowest BCUT2D eigenvalue weighted by Crippen LogP contribution is -2.27. The maximum Gasteiger partial charge on any atom is 0.262 e. The average molecular weight is 416 g/mol. The Balaban J connectivity index is 1.86. The number of nitrogens with zero attached hydrogens (tertiary/aromatic N) is 1. The van der Waals surface area contributed by atoms with E-state index in [9.17, 15) is 9.59 Å². The summed E-state index contributed by atoms with van der Waals surface area (Å²) in [6.45, 7) is 6.67. The molecule has 2 aromatic heterocycles. The number of hydrogen-bond donors (Lipinski definition) is 2. The summed E-state index contributed by atoms with van der Waals surface area (Å²) in [6.07, 6.45) is 0.685. The number of aromatic nitrogens is 2. The number of methoxy groups -OCH3 is 1. The Kier molecular flexibility index (Phi) is 6.34. The van der Waals surface area contributed by atoms with Crippen LogP contribution in [0.1, 0.15) is 46.8 Å². The Bertz CT molecular complexity index is 1160. The molecule has 1 unspecified atom stereocenters. The number of fused-ring (bicyclic) bond motifs is 1. The number of aryl methyl sites for hydroxylation is 2. The highest BCUT2D eigenvalue weighted by atomic mass is 32.1. The van der Waals surface area contributed by atoms with E-state index in [2.05, 4.69) is 10.3 Å². The van der Waals surface area contributed by atoms with Crippen molar-refractivity contribution in [1.82, 2.24) is 14.9 Å². The number of benzene rings is 1. The third-order valence-electron chi connectivity index (χ3n) is 4.87. The molecule has 0 aliphatic heterocycles. The molecule has 0 aliphatic carbocycles. The summed E-state index contributed by atoms with van der Waals surface area (Å²) in [7, 11) is 1.62. The number of nitrogens with one attached hydrogen (secondary N) is 2. The summed E-state index contributed by atoms with van der Waals surface area (Å²) < 4.78 is 12.4. The molecule has 3 aromatic rings. The quantitative estimate of drug-likeness (QED) is 0.453. The molecule has 8 heteroatoms. The highest BCUT2D eigenvalue weighted by molar-refractivity contribution is 7.71. The lowest BCUT2D eigenvalue weighted by atomic mass is 10.1. The van der Waals surface area contributed by atoms with Crippen LogP contribution in [0.2, 0.25) is 0 Å². The maximum atomic E-state index is 12.8.